The average Bonchev–Trinajstić information content (AvgIpc) is 2.81. The molecule has 2 aromatic rings. The van der Waals surface area contributed by atoms with Gasteiger partial charge in [0.1, 0.15) is 11.3 Å². The SMILES string of the molecule is CC(CO)NC(=O)NCCc1cc2ccccc2o1. The minimum atomic E-state index is -0.280. The van der Waals surface area contributed by atoms with Crippen molar-refractivity contribution in [2.75, 3.05) is 13.2 Å². The molecule has 0 saturated carbocycles. The maximum atomic E-state index is 11.4. The molecule has 2 rings (SSSR count). The predicted octanol–water partition coefficient (Wildman–Crippen LogP) is 1.66. The topological polar surface area (TPSA) is 74.5 Å². The third-order valence-corrected chi connectivity index (χ3v) is 2.78. The Bertz CT molecular complexity index is 517. The highest BCUT2D eigenvalue weighted by molar-refractivity contribution is 5.77. The molecule has 1 atom stereocenters. The average molecular weight is 262 g/mol. The number of carbonyl (C=O) groups excluding carboxylic acids is 1. The summed E-state index contributed by atoms with van der Waals surface area (Å²) in [7, 11) is 0. The monoisotopic (exact) mass is 262 g/mol. The molecule has 2 amide bonds. The number of benzene rings is 1. The van der Waals surface area contributed by atoms with Crippen LogP contribution in [-0.2, 0) is 6.42 Å². The summed E-state index contributed by atoms with van der Waals surface area (Å²) in [4.78, 5) is 11.4. The van der Waals surface area contributed by atoms with E-state index in [4.69, 9.17) is 9.52 Å². The van der Waals surface area contributed by atoms with Crippen LogP contribution in [0.2, 0.25) is 0 Å². The molecule has 0 aliphatic rings. The zero-order valence-electron chi connectivity index (χ0n) is 10.8. The highest BCUT2D eigenvalue weighted by Crippen LogP contribution is 2.18. The Morgan fingerprint density at radius 2 is 2.21 bits per heavy atom. The Kier molecular flexibility index (Phi) is 4.41. The first-order chi connectivity index (χ1) is 9.19. The summed E-state index contributed by atoms with van der Waals surface area (Å²) < 4.78 is 5.64. The van der Waals surface area contributed by atoms with Crippen molar-refractivity contribution in [3.05, 3.63) is 36.1 Å². The van der Waals surface area contributed by atoms with Gasteiger partial charge in [0.2, 0.25) is 0 Å². The normalized spacial score (nSPS) is 12.3. The Labute approximate surface area is 111 Å². The summed E-state index contributed by atoms with van der Waals surface area (Å²) in [6.07, 6.45) is 0.635. The van der Waals surface area contributed by atoms with E-state index in [-0.39, 0.29) is 18.7 Å². The number of amides is 2. The maximum absolute atomic E-state index is 11.4. The molecule has 0 aliphatic heterocycles. The van der Waals surface area contributed by atoms with Crippen molar-refractivity contribution in [3.8, 4) is 0 Å². The van der Waals surface area contributed by atoms with Crippen molar-refractivity contribution < 1.29 is 14.3 Å². The Hall–Kier alpha value is -2.01. The third-order valence-electron chi connectivity index (χ3n) is 2.78. The quantitative estimate of drug-likeness (QED) is 0.767. The lowest BCUT2D eigenvalue weighted by molar-refractivity contribution is 0.220. The number of carbonyl (C=O) groups is 1. The smallest absolute Gasteiger partial charge is 0.315 e. The first-order valence-corrected chi connectivity index (χ1v) is 6.31. The second-order valence-electron chi connectivity index (χ2n) is 4.48. The first kappa shape index (κ1) is 13.4. The first-order valence-electron chi connectivity index (χ1n) is 6.31. The molecule has 0 fully saturated rings. The van der Waals surface area contributed by atoms with Gasteiger partial charge in [-0.1, -0.05) is 18.2 Å². The molecule has 3 N–H and O–H groups in total. The summed E-state index contributed by atoms with van der Waals surface area (Å²) in [5.74, 6) is 0.844. The number of aliphatic hydroxyl groups is 1. The minimum absolute atomic E-state index is 0.0724. The van der Waals surface area contributed by atoms with Crippen LogP contribution in [0, 0.1) is 0 Å². The van der Waals surface area contributed by atoms with Crippen LogP contribution in [0.4, 0.5) is 4.79 Å². The van der Waals surface area contributed by atoms with Crippen LogP contribution in [0.25, 0.3) is 11.0 Å². The lowest BCUT2D eigenvalue weighted by Crippen LogP contribution is -2.42. The molecule has 1 heterocycles. The summed E-state index contributed by atoms with van der Waals surface area (Å²) in [6.45, 7) is 2.15. The van der Waals surface area contributed by atoms with Crippen LogP contribution in [0.3, 0.4) is 0 Å². The van der Waals surface area contributed by atoms with Crippen LogP contribution in [-0.4, -0.2) is 30.3 Å². The van der Waals surface area contributed by atoms with Gasteiger partial charge in [0.15, 0.2) is 0 Å². The Balaban J connectivity index is 1.81. The zero-order valence-corrected chi connectivity index (χ0v) is 10.8. The second kappa shape index (κ2) is 6.24. The molecule has 0 bridgehead atoms. The van der Waals surface area contributed by atoms with Crippen LogP contribution < -0.4 is 10.6 Å². The van der Waals surface area contributed by atoms with Gasteiger partial charge in [-0.15, -0.1) is 0 Å². The van der Waals surface area contributed by atoms with Gasteiger partial charge >= 0.3 is 6.03 Å². The summed E-state index contributed by atoms with van der Waals surface area (Å²) in [5.41, 5.74) is 0.857. The molecule has 5 nitrogen and oxygen atoms in total. The van der Waals surface area contributed by atoms with Crippen molar-refractivity contribution in [2.45, 2.75) is 19.4 Å². The molecule has 1 aromatic heterocycles. The van der Waals surface area contributed by atoms with Gasteiger partial charge in [-0.2, -0.15) is 0 Å². The van der Waals surface area contributed by atoms with Crippen molar-refractivity contribution in [2.24, 2.45) is 0 Å². The largest absolute Gasteiger partial charge is 0.461 e. The minimum Gasteiger partial charge on any atom is -0.461 e. The number of rotatable bonds is 5. The fraction of sp³-hybridized carbons (Fsp3) is 0.357. The fourth-order valence-electron chi connectivity index (χ4n) is 1.78. The lowest BCUT2D eigenvalue weighted by atomic mass is 10.2. The molecule has 1 unspecified atom stereocenters. The van der Waals surface area contributed by atoms with E-state index in [2.05, 4.69) is 10.6 Å². The molecule has 0 spiro atoms. The fourth-order valence-corrected chi connectivity index (χ4v) is 1.78. The van der Waals surface area contributed by atoms with E-state index in [1.165, 1.54) is 0 Å². The van der Waals surface area contributed by atoms with Gasteiger partial charge in [-0.25, -0.2) is 4.79 Å². The van der Waals surface area contributed by atoms with E-state index in [0.717, 1.165) is 16.7 Å². The van der Waals surface area contributed by atoms with Crippen molar-refractivity contribution >= 4 is 17.0 Å². The molecule has 19 heavy (non-hydrogen) atoms. The maximum Gasteiger partial charge on any atom is 0.315 e. The second-order valence-corrected chi connectivity index (χ2v) is 4.48. The van der Waals surface area contributed by atoms with Gasteiger partial charge in [-0.05, 0) is 19.1 Å². The number of hydrogen-bond acceptors (Lipinski definition) is 3. The van der Waals surface area contributed by atoms with Crippen molar-refractivity contribution in [1.29, 1.82) is 0 Å². The number of furan rings is 1. The number of nitrogens with one attached hydrogen (secondary N) is 2. The molecule has 5 heteroatoms. The summed E-state index contributed by atoms with van der Waals surface area (Å²) in [5, 5.41) is 15.2. The molecule has 0 saturated heterocycles. The summed E-state index contributed by atoms with van der Waals surface area (Å²) >= 11 is 0. The molecular weight excluding hydrogens is 244 g/mol. The van der Waals surface area contributed by atoms with Crippen molar-refractivity contribution in [3.63, 3.8) is 0 Å². The van der Waals surface area contributed by atoms with Gasteiger partial charge < -0.3 is 20.2 Å². The van der Waals surface area contributed by atoms with Crippen LogP contribution in [0.5, 0.6) is 0 Å². The number of urea groups is 1. The highest BCUT2D eigenvalue weighted by atomic mass is 16.3. The van der Waals surface area contributed by atoms with E-state index in [1.807, 2.05) is 30.3 Å². The number of hydrogen-bond donors (Lipinski definition) is 3. The molecule has 0 aliphatic carbocycles. The lowest BCUT2D eigenvalue weighted by Gasteiger charge is -2.11. The molecule has 102 valence electrons. The van der Waals surface area contributed by atoms with Crippen LogP contribution in [0.1, 0.15) is 12.7 Å². The van der Waals surface area contributed by atoms with E-state index >= 15 is 0 Å². The van der Waals surface area contributed by atoms with Crippen LogP contribution >= 0.6 is 0 Å². The Morgan fingerprint density at radius 3 is 2.95 bits per heavy atom. The van der Waals surface area contributed by atoms with E-state index in [0.29, 0.717) is 13.0 Å². The predicted molar refractivity (Wildman–Crippen MR) is 73.0 cm³/mol. The summed E-state index contributed by atoms with van der Waals surface area (Å²) in [6, 6.07) is 9.25. The number of para-hydroxylation sites is 1. The highest BCUT2D eigenvalue weighted by Gasteiger charge is 2.06. The van der Waals surface area contributed by atoms with Gasteiger partial charge in [0.05, 0.1) is 12.6 Å². The molecule has 0 radical (unpaired) electrons. The van der Waals surface area contributed by atoms with Crippen LogP contribution in [0.15, 0.2) is 34.7 Å². The van der Waals surface area contributed by atoms with Gasteiger partial charge in [0.25, 0.3) is 0 Å². The van der Waals surface area contributed by atoms with Gasteiger partial charge in [0, 0.05) is 18.4 Å². The molecule has 1 aromatic carbocycles. The molecular formula is C14H18N2O3. The van der Waals surface area contributed by atoms with Gasteiger partial charge in [-0.3, -0.25) is 0 Å². The van der Waals surface area contributed by atoms with Crippen molar-refractivity contribution in [1.82, 2.24) is 10.6 Å². The third kappa shape index (κ3) is 3.72. The number of aliphatic hydroxyl groups excluding tert-OH is 1. The standard InChI is InChI=1S/C14H18N2O3/c1-10(9-17)16-14(18)15-7-6-12-8-11-4-2-3-5-13(11)19-12/h2-5,8,10,17H,6-7,9H2,1H3,(H2,15,16,18). The number of fused-ring (bicyclic) bond motifs is 1. The van der Waals surface area contributed by atoms with E-state index in [9.17, 15) is 4.79 Å². The Morgan fingerprint density at radius 1 is 1.42 bits per heavy atom. The van der Waals surface area contributed by atoms with E-state index in [1.54, 1.807) is 6.92 Å². The van der Waals surface area contributed by atoms with E-state index < -0.39 is 0 Å². The zero-order chi connectivity index (χ0) is 13.7.